The van der Waals surface area contributed by atoms with Gasteiger partial charge in [-0.05, 0) is 59.5 Å². The third kappa shape index (κ3) is 4.17. The van der Waals surface area contributed by atoms with Gasteiger partial charge in [-0.15, -0.1) is 0 Å². The highest BCUT2D eigenvalue weighted by Gasteiger charge is 2.22. The topological polar surface area (TPSA) is 55.0 Å². The number of rotatable bonds is 4. The van der Waals surface area contributed by atoms with E-state index < -0.39 is 0 Å². The molecule has 0 bridgehead atoms. The summed E-state index contributed by atoms with van der Waals surface area (Å²) in [5, 5.41) is 0. The molecule has 1 N–H and O–H groups in total. The molecule has 0 atom stereocenters. The van der Waals surface area contributed by atoms with Crippen molar-refractivity contribution in [1.82, 2.24) is 9.97 Å². The number of H-pyrrole nitrogens is 1. The summed E-state index contributed by atoms with van der Waals surface area (Å²) in [4.78, 5) is 19.4. The second kappa shape index (κ2) is 7.62. The standard InChI is InChI=1S/C23H24N2O2/c1-23(2,3)20-15-17(19-9-7-13-25-22(19)26)14-16(21(20)27-4)10-11-18-8-5-6-12-24-18/h5-15H,1-4H3,(H,25,26). The lowest BCUT2D eigenvalue weighted by molar-refractivity contribution is 0.397. The molecule has 0 radical (unpaired) electrons. The second-order valence-electron chi connectivity index (χ2n) is 7.40. The predicted octanol–water partition coefficient (Wildman–Crippen LogP) is 4.91. The Kier molecular flexibility index (Phi) is 5.26. The highest BCUT2D eigenvalue weighted by Crippen LogP contribution is 2.38. The molecule has 0 amide bonds. The van der Waals surface area contributed by atoms with Crippen molar-refractivity contribution in [2.24, 2.45) is 0 Å². The van der Waals surface area contributed by atoms with Crippen LogP contribution in [0, 0.1) is 0 Å². The van der Waals surface area contributed by atoms with Crippen LogP contribution in [0.25, 0.3) is 23.3 Å². The van der Waals surface area contributed by atoms with Crippen LogP contribution < -0.4 is 10.3 Å². The maximum atomic E-state index is 12.3. The van der Waals surface area contributed by atoms with Crippen molar-refractivity contribution < 1.29 is 4.74 Å². The maximum Gasteiger partial charge on any atom is 0.255 e. The van der Waals surface area contributed by atoms with Gasteiger partial charge in [-0.3, -0.25) is 9.78 Å². The molecule has 138 valence electrons. The number of ether oxygens (including phenoxy) is 1. The Morgan fingerprint density at radius 3 is 2.52 bits per heavy atom. The number of methoxy groups -OCH3 is 1. The minimum atomic E-state index is -0.142. The molecule has 0 spiro atoms. The smallest absolute Gasteiger partial charge is 0.255 e. The third-order valence-corrected chi connectivity index (χ3v) is 4.38. The molecule has 2 aromatic heterocycles. The predicted molar refractivity (Wildman–Crippen MR) is 111 cm³/mol. The van der Waals surface area contributed by atoms with Gasteiger partial charge in [-0.2, -0.15) is 0 Å². The van der Waals surface area contributed by atoms with Gasteiger partial charge in [0.1, 0.15) is 5.75 Å². The Morgan fingerprint density at radius 1 is 1.07 bits per heavy atom. The molecule has 1 aromatic carbocycles. The third-order valence-electron chi connectivity index (χ3n) is 4.38. The monoisotopic (exact) mass is 360 g/mol. The number of aromatic nitrogens is 2. The van der Waals surface area contributed by atoms with Crippen LogP contribution in [-0.2, 0) is 5.41 Å². The first-order chi connectivity index (χ1) is 12.9. The quantitative estimate of drug-likeness (QED) is 0.719. The van der Waals surface area contributed by atoms with Crippen LogP contribution >= 0.6 is 0 Å². The number of pyridine rings is 2. The van der Waals surface area contributed by atoms with E-state index in [9.17, 15) is 4.79 Å². The van der Waals surface area contributed by atoms with Crippen molar-refractivity contribution in [3.05, 3.63) is 82.0 Å². The average Bonchev–Trinajstić information content (AvgIpc) is 2.66. The van der Waals surface area contributed by atoms with Gasteiger partial charge in [0, 0.05) is 29.1 Å². The summed E-state index contributed by atoms with van der Waals surface area (Å²) in [5.74, 6) is 0.811. The highest BCUT2D eigenvalue weighted by atomic mass is 16.5. The molecule has 0 aliphatic rings. The van der Waals surface area contributed by atoms with Gasteiger partial charge < -0.3 is 9.72 Å². The van der Waals surface area contributed by atoms with E-state index in [0.717, 1.165) is 28.1 Å². The fourth-order valence-corrected chi connectivity index (χ4v) is 3.01. The minimum absolute atomic E-state index is 0.109. The largest absolute Gasteiger partial charge is 0.496 e. The Bertz CT molecular complexity index is 1010. The van der Waals surface area contributed by atoms with E-state index in [2.05, 4.69) is 30.7 Å². The molecular weight excluding hydrogens is 336 g/mol. The normalized spacial score (nSPS) is 11.7. The molecule has 0 fully saturated rings. The molecule has 0 saturated heterocycles. The molecule has 4 nitrogen and oxygen atoms in total. The van der Waals surface area contributed by atoms with Gasteiger partial charge in [0.05, 0.1) is 12.8 Å². The van der Waals surface area contributed by atoms with E-state index in [1.54, 1.807) is 19.5 Å². The summed E-state index contributed by atoms with van der Waals surface area (Å²) in [5.41, 5.74) is 4.07. The van der Waals surface area contributed by atoms with Gasteiger partial charge in [0.25, 0.3) is 5.56 Å². The number of hydrogen-bond donors (Lipinski definition) is 1. The molecule has 4 heteroatoms. The number of nitrogens with one attached hydrogen (secondary N) is 1. The van der Waals surface area contributed by atoms with E-state index in [1.807, 2.05) is 54.6 Å². The van der Waals surface area contributed by atoms with Crippen molar-refractivity contribution in [2.75, 3.05) is 7.11 Å². The van der Waals surface area contributed by atoms with Crippen molar-refractivity contribution in [3.8, 4) is 16.9 Å². The molecule has 0 saturated carbocycles. The number of benzene rings is 1. The zero-order valence-corrected chi connectivity index (χ0v) is 16.1. The number of aromatic amines is 1. The van der Waals surface area contributed by atoms with Gasteiger partial charge in [-0.1, -0.05) is 26.8 Å². The molecular formula is C23H24N2O2. The molecule has 0 aliphatic carbocycles. The Labute approximate surface area is 159 Å². The summed E-state index contributed by atoms with van der Waals surface area (Å²) in [7, 11) is 1.68. The van der Waals surface area contributed by atoms with E-state index >= 15 is 0 Å². The van der Waals surface area contributed by atoms with Crippen LogP contribution in [0.15, 0.2) is 59.7 Å². The summed E-state index contributed by atoms with van der Waals surface area (Å²) >= 11 is 0. The summed E-state index contributed by atoms with van der Waals surface area (Å²) in [6, 6.07) is 13.5. The Hall–Kier alpha value is -3.14. The van der Waals surface area contributed by atoms with Crippen LogP contribution in [0.1, 0.15) is 37.6 Å². The maximum absolute atomic E-state index is 12.3. The second-order valence-corrected chi connectivity index (χ2v) is 7.40. The van der Waals surface area contributed by atoms with Crippen molar-refractivity contribution >= 4 is 12.2 Å². The van der Waals surface area contributed by atoms with E-state index in [1.165, 1.54) is 0 Å². The Morgan fingerprint density at radius 2 is 1.89 bits per heavy atom. The van der Waals surface area contributed by atoms with Gasteiger partial charge in [0.2, 0.25) is 0 Å². The minimum Gasteiger partial charge on any atom is -0.496 e. The highest BCUT2D eigenvalue weighted by molar-refractivity contribution is 5.78. The lowest BCUT2D eigenvalue weighted by Crippen LogP contribution is -2.15. The first-order valence-corrected chi connectivity index (χ1v) is 8.90. The van der Waals surface area contributed by atoms with Crippen molar-refractivity contribution in [3.63, 3.8) is 0 Å². The zero-order valence-electron chi connectivity index (χ0n) is 16.1. The lowest BCUT2D eigenvalue weighted by atomic mass is 9.83. The number of nitrogens with zero attached hydrogens (tertiary/aromatic N) is 1. The zero-order chi connectivity index (χ0) is 19.4. The van der Waals surface area contributed by atoms with Crippen molar-refractivity contribution in [1.29, 1.82) is 0 Å². The lowest BCUT2D eigenvalue weighted by Gasteiger charge is -2.24. The average molecular weight is 360 g/mol. The van der Waals surface area contributed by atoms with Crippen molar-refractivity contribution in [2.45, 2.75) is 26.2 Å². The molecule has 3 rings (SSSR count). The van der Waals surface area contributed by atoms with Gasteiger partial charge in [0.15, 0.2) is 0 Å². The molecule has 2 heterocycles. The summed E-state index contributed by atoms with van der Waals surface area (Å²) in [6.07, 6.45) is 7.33. The first-order valence-electron chi connectivity index (χ1n) is 8.90. The van der Waals surface area contributed by atoms with Crippen LogP contribution in [0.2, 0.25) is 0 Å². The van der Waals surface area contributed by atoms with E-state index in [-0.39, 0.29) is 11.0 Å². The van der Waals surface area contributed by atoms with Crippen LogP contribution in [0.3, 0.4) is 0 Å². The molecule has 3 aromatic rings. The van der Waals surface area contributed by atoms with Gasteiger partial charge >= 0.3 is 0 Å². The first kappa shape index (κ1) is 18.6. The number of hydrogen-bond acceptors (Lipinski definition) is 3. The van der Waals surface area contributed by atoms with Gasteiger partial charge in [-0.25, -0.2) is 0 Å². The molecule has 0 aliphatic heterocycles. The SMILES string of the molecule is COc1c(C=Cc2ccccn2)cc(-c2ccc[nH]c2=O)cc1C(C)(C)C. The van der Waals surface area contributed by atoms with E-state index in [4.69, 9.17) is 4.74 Å². The van der Waals surface area contributed by atoms with Crippen LogP contribution in [-0.4, -0.2) is 17.1 Å². The van der Waals surface area contributed by atoms with Crippen LogP contribution in [0.5, 0.6) is 5.75 Å². The Balaban J connectivity index is 2.21. The molecule has 0 unspecified atom stereocenters. The fraction of sp³-hybridized carbons (Fsp3) is 0.217. The fourth-order valence-electron chi connectivity index (χ4n) is 3.01. The van der Waals surface area contributed by atoms with E-state index in [0.29, 0.717) is 5.56 Å². The van der Waals surface area contributed by atoms with Crippen LogP contribution in [0.4, 0.5) is 0 Å². The molecule has 27 heavy (non-hydrogen) atoms. The summed E-state index contributed by atoms with van der Waals surface area (Å²) in [6.45, 7) is 6.41. The summed E-state index contributed by atoms with van der Waals surface area (Å²) < 4.78 is 5.75.